The summed E-state index contributed by atoms with van der Waals surface area (Å²) in [4.78, 5) is 12.4. The molecule has 15 heteroatoms. The first-order chi connectivity index (χ1) is 19.3. The van der Waals surface area contributed by atoms with Gasteiger partial charge >= 0.3 is 7.75 Å². The molecule has 0 radical (unpaired) electrons. The number of anilines is 1. The fourth-order valence-electron chi connectivity index (χ4n) is 4.91. The Morgan fingerprint density at radius 3 is 2.59 bits per heavy atom. The van der Waals surface area contributed by atoms with Gasteiger partial charge in [-0.3, -0.25) is 9.09 Å². The number of benzene rings is 1. The van der Waals surface area contributed by atoms with Gasteiger partial charge in [0.25, 0.3) is 0 Å². The molecule has 1 saturated heterocycles. The number of para-hydroxylation sites is 1. The normalized spacial score (nSPS) is 26.6. The van der Waals surface area contributed by atoms with Crippen LogP contribution in [0.15, 0.2) is 43.0 Å². The number of nitrogens with zero attached hydrogens (tertiary/aromatic N) is 4. The second-order valence-electron chi connectivity index (χ2n) is 10.9. The lowest BCUT2D eigenvalue weighted by Crippen LogP contribution is -2.43. The molecule has 1 aliphatic heterocycles. The number of aromatic nitrogens is 4. The van der Waals surface area contributed by atoms with Crippen LogP contribution in [0.5, 0.6) is 5.75 Å². The molecule has 1 fully saturated rings. The number of nitrogens with two attached hydrogens (primary N) is 2. The van der Waals surface area contributed by atoms with Crippen molar-refractivity contribution >= 4 is 24.7 Å². The first kappa shape index (κ1) is 31.2. The van der Waals surface area contributed by atoms with E-state index < -0.39 is 44.0 Å². The fraction of sp³-hybridized carbons (Fsp3) is 0.577. The van der Waals surface area contributed by atoms with E-state index in [2.05, 4.69) is 20.0 Å². The Balaban J connectivity index is 1.61. The number of nitrogen functional groups attached to an aromatic ring is 1. The second-order valence-corrected chi connectivity index (χ2v) is 12.6. The average Bonchev–Trinajstić information content (AvgIpc) is 3.42. The lowest BCUT2D eigenvalue weighted by Gasteiger charge is -2.34. The van der Waals surface area contributed by atoms with Crippen LogP contribution in [0.2, 0.25) is 0 Å². The quantitative estimate of drug-likeness (QED) is 0.167. The highest BCUT2D eigenvalue weighted by Crippen LogP contribution is 2.52. The number of hydrogen-bond acceptors (Lipinski definition) is 11. The van der Waals surface area contributed by atoms with Gasteiger partial charge < -0.3 is 30.6 Å². The van der Waals surface area contributed by atoms with Gasteiger partial charge in [-0.2, -0.15) is 0 Å². The van der Waals surface area contributed by atoms with Crippen molar-refractivity contribution in [2.45, 2.75) is 84.0 Å². The standard InChI is InChI=1S/C26H39FN7O6P/c1-15(2)38-25(35)17(4)33-41(36,40-18-9-7-6-8-10-18)37-12-19-26(5,11-16(3)28)21(27)24(39-19)34-14-32-20-22(29)30-13-31-23(20)34/h6-10,13-17,19,21,24-25,35H,11-12,28H2,1-5H3,(H,33,36)(H2,29,30,31)/t16?,17-,19+,21?,24+,25?,26?,41?/m0/s1. The lowest BCUT2D eigenvalue weighted by molar-refractivity contribution is -0.138. The van der Waals surface area contributed by atoms with E-state index >= 15 is 4.39 Å². The molecule has 0 bridgehead atoms. The van der Waals surface area contributed by atoms with Crippen molar-refractivity contribution in [1.82, 2.24) is 24.6 Å². The maximum atomic E-state index is 16.3. The highest BCUT2D eigenvalue weighted by atomic mass is 31.2. The number of alkyl halides is 1. The molecule has 6 N–H and O–H groups in total. The molecule has 4 rings (SSSR count). The molecule has 0 amide bonds. The Hall–Kier alpha value is -2.71. The molecule has 0 spiro atoms. The van der Waals surface area contributed by atoms with Gasteiger partial charge in [-0.05, 0) is 46.2 Å². The summed E-state index contributed by atoms with van der Waals surface area (Å²) in [6, 6.07) is 7.20. The maximum absolute atomic E-state index is 16.3. The van der Waals surface area contributed by atoms with E-state index in [0.717, 1.165) is 0 Å². The molecule has 5 unspecified atom stereocenters. The number of fused-ring (bicyclic) bond motifs is 1. The summed E-state index contributed by atoms with van der Waals surface area (Å²) in [6.45, 7) is 8.25. The topological polar surface area (TPSA) is 182 Å². The number of aliphatic hydroxyl groups excluding tert-OH is 1. The minimum Gasteiger partial charge on any atom is -0.413 e. The molecule has 226 valence electrons. The van der Waals surface area contributed by atoms with Crippen LogP contribution in [0, 0.1) is 5.41 Å². The van der Waals surface area contributed by atoms with Crippen LogP contribution in [-0.4, -0.2) is 68.0 Å². The van der Waals surface area contributed by atoms with Gasteiger partial charge in [-0.25, -0.2) is 29.0 Å². The SMILES string of the molecule is CC(N)CC1(C)C(F)[C@H](n2cnc3c(N)ncnc32)O[C@@H]1COP(=O)(N[C@@H](C)C(O)OC(C)C)Oc1ccccc1. The van der Waals surface area contributed by atoms with Gasteiger partial charge in [0, 0.05) is 11.5 Å². The lowest BCUT2D eigenvalue weighted by atomic mass is 9.76. The van der Waals surface area contributed by atoms with Gasteiger partial charge in [0.05, 0.1) is 31.2 Å². The van der Waals surface area contributed by atoms with Crippen LogP contribution in [0.1, 0.15) is 47.3 Å². The molecule has 13 nitrogen and oxygen atoms in total. The van der Waals surface area contributed by atoms with Crippen molar-refractivity contribution in [3.8, 4) is 5.75 Å². The summed E-state index contributed by atoms with van der Waals surface area (Å²) in [6.07, 6.45) is -2.32. The van der Waals surface area contributed by atoms with Crippen LogP contribution in [0.3, 0.4) is 0 Å². The van der Waals surface area contributed by atoms with Crippen LogP contribution in [0.25, 0.3) is 11.2 Å². The number of hydrogen-bond donors (Lipinski definition) is 4. The van der Waals surface area contributed by atoms with E-state index in [1.54, 1.807) is 65.0 Å². The molecule has 8 atom stereocenters. The highest BCUT2D eigenvalue weighted by molar-refractivity contribution is 7.52. The van der Waals surface area contributed by atoms with Gasteiger partial charge in [-0.1, -0.05) is 25.1 Å². The summed E-state index contributed by atoms with van der Waals surface area (Å²) in [5.41, 5.74) is 11.5. The molecule has 2 aromatic heterocycles. The van der Waals surface area contributed by atoms with E-state index in [1.165, 1.54) is 17.2 Å². The third kappa shape index (κ3) is 7.03. The summed E-state index contributed by atoms with van der Waals surface area (Å²) in [7, 11) is -4.16. The van der Waals surface area contributed by atoms with Crippen molar-refractivity contribution in [3.63, 3.8) is 0 Å². The van der Waals surface area contributed by atoms with E-state index in [9.17, 15) is 9.67 Å². The zero-order chi connectivity index (χ0) is 29.9. The number of ether oxygens (including phenoxy) is 2. The summed E-state index contributed by atoms with van der Waals surface area (Å²) < 4.78 is 55.1. The number of imidazole rings is 1. The number of nitrogens with one attached hydrogen (secondary N) is 1. The minimum absolute atomic E-state index is 0.156. The second kappa shape index (κ2) is 12.7. The Labute approximate surface area is 238 Å². The van der Waals surface area contributed by atoms with E-state index in [0.29, 0.717) is 11.2 Å². The Bertz CT molecular complexity index is 1350. The minimum atomic E-state index is -4.16. The Morgan fingerprint density at radius 1 is 1.22 bits per heavy atom. The molecule has 1 aromatic carbocycles. The largest absolute Gasteiger partial charge is 0.459 e. The van der Waals surface area contributed by atoms with E-state index in [1.807, 2.05) is 0 Å². The van der Waals surface area contributed by atoms with Crippen molar-refractivity contribution in [2.75, 3.05) is 12.3 Å². The summed E-state index contributed by atoms with van der Waals surface area (Å²) in [5, 5.41) is 13.2. The van der Waals surface area contributed by atoms with Crippen molar-refractivity contribution in [3.05, 3.63) is 43.0 Å². The van der Waals surface area contributed by atoms with Crippen molar-refractivity contribution < 1.29 is 32.6 Å². The molecule has 3 heterocycles. The predicted octanol–water partition coefficient (Wildman–Crippen LogP) is 3.31. The van der Waals surface area contributed by atoms with E-state index in [-0.39, 0.29) is 36.7 Å². The predicted molar refractivity (Wildman–Crippen MR) is 150 cm³/mol. The highest BCUT2D eigenvalue weighted by Gasteiger charge is 2.56. The van der Waals surface area contributed by atoms with Gasteiger partial charge in [-0.15, -0.1) is 0 Å². The molecule has 3 aromatic rings. The molecule has 0 saturated carbocycles. The first-order valence-electron chi connectivity index (χ1n) is 13.4. The monoisotopic (exact) mass is 595 g/mol. The zero-order valence-electron chi connectivity index (χ0n) is 23.8. The summed E-state index contributed by atoms with van der Waals surface area (Å²) in [5.74, 6) is 0.423. The number of aliphatic hydroxyl groups is 1. The molecule has 41 heavy (non-hydrogen) atoms. The molecular formula is C26H39FN7O6P. The van der Waals surface area contributed by atoms with Crippen LogP contribution < -0.4 is 21.1 Å². The van der Waals surface area contributed by atoms with Crippen LogP contribution in [-0.2, 0) is 18.6 Å². The Kier molecular flexibility index (Phi) is 9.64. The fourth-order valence-corrected chi connectivity index (χ4v) is 6.45. The third-order valence-electron chi connectivity index (χ3n) is 6.91. The average molecular weight is 596 g/mol. The van der Waals surface area contributed by atoms with E-state index in [4.69, 9.17) is 30.0 Å². The molecular weight excluding hydrogens is 556 g/mol. The van der Waals surface area contributed by atoms with Gasteiger partial charge in [0.2, 0.25) is 0 Å². The molecule has 1 aliphatic rings. The number of rotatable bonds is 13. The molecule has 0 aliphatic carbocycles. The maximum Gasteiger partial charge on any atom is 0.459 e. The number of halogens is 1. The zero-order valence-corrected chi connectivity index (χ0v) is 24.6. The van der Waals surface area contributed by atoms with Gasteiger partial charge in [0.1, 0.15) is 17.6 Å². The first-order valence-corrected chi connectivity index (χ1v) is 15.0. The van der Waals surface area contributed by atoms with Gasteiger partial charge in [0.15, 0.2) is 30.2 Å². The smallest absolute Gasteiger partial charge is 0.413 e. The third-order valence-corrected chi connectivity index (χ3v) is 8.57. The summed E-state index contributed by atoms with van der Waals surface area (Å²) >= 11 is 0. The van der Waals surface area contributed by atoms with Crippen molar-refractivity contribution in [1.29, 1.82) is 0 Å². The Morgan fingerprint density at radius 2 is 1.93 bits per heavy atom. The van der Waals surface area contributed by atoms with Crippen molar-refractivity contribution in [2.24, 2.45) is 11.1 Å². The van der Waals surface area contributed by atoms with Crippen LogP contribution >= 0.6 is 7.75 Å². The van der Waals surface area contributed by atoms with Crippen LogP contribution in [0.4, 0.5) is 10.2 Å².